The molecule has 3 nitrogen and oxygen atoms in total. The van der Waals surface area contributed by atoms with Crippen LogP contribution < -0.4 is 0 Å². The van der Waals surface area contributed by atoms with Gasteiger partial charge in [0.1, 0.15) is 0 Å². The zero-order valence-electron chi connectivity index (χ0n) is 12.3. The number of piperazine rings is 1. The van der Waals surface area contributed by atoms with Crippen molar-refractivity contribution in [2.24, 2.45) is 0 Å². The van der Waals surface area contributed by atoms with Gasteiger partial charge in [-0.1, -0.05) is 12.1 Å². The van der Waals surface area contributed by atoms with Crippen LogP contribution in [0.3, 0.4) is 0 Å². The van der Waals surface area contributed by atoms with Crippen LogP contribution in [0.4, 0.5) is 13.2 Å². The summed E-state index contributed by atoms with van der Waals surface area (Å²) in [5, 5.41) is 9.67. The molecule has 1 aliphatic rings. The van der Waals surface area contributed by atoms with Gasteiger partial charge < -0.3 is 10.0 Å². The van der Waals surface area contributed by atoms with Crippen molar-refractivity contribution in [2.45, 2.75) is 25.2 Å². The maximum Gasteiger partial charge on any atom is 0.416 e. The third kappa shape index (κ3) is 3.75. The van der Waals surface area contributed by atoms with Gasteiger partial charge in [-0.25, -0.2) is 0 Å². The number of aliphatic hydroxyl groups is 1. The summed E-state index contributed by atoms with van der Waals surface area (Å²) in [6.45, 7) is 4.55. The van der Waals surface area contributed by atoms with Crippen LogP contribution in [-0.4, -0.2) is 54.2 Å². The number of benzene rings is 1. The Balaban J connectivity index is 2.17. The number of halogens is 3. The van der Waals surface area contributed by atoms with Crippen LogP contribution in [0.1, 0.15) is 24.1 Å². The van der Waals surface area contributed by atoms with E-state index in [1.807, 2.05) is 7.05 Å². The SMILES string of the molecule is CC1CN(C)CCN1C(CO)c1ccc(C(F)(F)F)cc1. The molecule has 0 aromatic heterocycles. The van der Waals surface area contributed by atoms with E-state index in [0.29, 0.717) is 0 Å². The molecule has 2 unspecified atom stereocenters. The van der Waals surface area contributed by atoms with E-state index < -0.39 is 11.7 Å². The average molecular weight is 302 g/mol. The fourth-order valence-electron chi connectivity index (χ4n) is 2.91. The zero-order chi connectivity index (χ0) is 15.6. The van der Waals surface area contributed by atoms with Crippen LogP contribution in [-0.2, 0) is 6.18 Å². The molecule has 21 heavy (non-hydrogen) atoms. The predicted octanol–water partition coefficient (Wildman–Crippen LogP) is 2.37. The highest BCUT2D eigenvalue weighted by molar-refractivity contribution is 5.27. The second kappa shape index (κ2) is 6.34. The fourth-order valence-corrected chi connectivity index (χ4v) is 2.91. The lowest BCUT2D eigenvalue weighted by Gasteiger charge is -2.42. The van der Waals surface area contributed by atoms with E-state index in [1.165, 1.54) is 12.1 Å². The fraction of sp³-hybridized carbons (Fsp3) is 0.600. The van der Waals surface area contributed by atoms with Gasteiger partial charge in [0, 0.05) is 25.7 Å². The molecule has 1 N–H and O–H groups in total. The van der Waals surface area contributed by atoms with Crippen molar-refractivity contribution >= 4 is 0 Å². The Bertz CT molecular complexity index is 461. The summed E-state index contributed by atoms with van der Waals surface area (Å²) in [6.07, 6.45) is -4.33. The lowest BCUT2D eigenvalue weighted by molar-refractivity contribution is -0.137. The highest BCUT2D eigenvalue weighted by Crippen LogP contribution is 2.31. The number of alkyl halides is 3. The Hall–Kier alpha value is -1.11. The summed E-state index contributed by atoms with van der Waals surface area (Å²) in [7, 11) is 2.04. The standard InChI is InChI=1S/C15H21F3N2O/c1-11-9-19(2)7-8-20(11)14(10-21)12-3-5-13(6-4-12)15(16,17)18/h3-6,11,14,21H,7-10H2,1-2H3. The Morgan fingerprint density at radius 2 is 1.86 bits per heavy atom. The molecule has 118 valence electrons. The van der Waals surface area contributed by atoms with Crippen LogP contribution in [0.5, 0.6) is 0 Å². The molecule has 2 rings (SSSR count). The minimum absolute atomic E-state index is 0.0978. The quantitative estimate of drug-likeness (QED) is 0.928. The van der Waals surface area contributed by atoms with Gasteiger partial charge in [-0.15, -0.1) is 0 Å². The van der Waals surface area contributed by atoms with Crippen molar-refractivity contribution in [2.75, 3.05) is 33.3 Å². The molecule has 2 atom stereocenters. The Morgan fingerprint density at radius 3 is 2.33 bits per heavy atom. The van der Waals surface area contributed by atoms with Gasteiger partial charge in [-0.05, 0) is 31.7 Å². The largest absolute Gasteiger partial charge is 0.416 e. The third-order valence-electron chi connectivity index (χ3n) is 4.08. The molecule has 0 saturated carbocycles. The predicted molar refractivity (Wildman–Crippen MR) is 74.9 cm³/mol. The van der Waals surface area contributed by atoms with E-state index in [-0.39, 0.29) is 18.7 Å². The molecule has 1 fully saturated rings. The molecule has 1 heterocycles. The molecular formula is C15H21F3N2O. The van der Waals surface area contributed by atoms with E-state index in [4.69, 9.17) is 0 Å². The van der Waals surface area contributed by atoms with Gasteiger partial charge in [0.2, 0.25) is 0 Å². The third-order valence-corrected chi connectivity index (χ3v) is 4.08. The van der Waals surface area contributed by atoms with Gasteiger partial charge in [0.25, 0.3) is 0 Å². The summed E-state index contributed by atoms with van der Waals surface area (Å²) in [5.41, 5.74) is 0.0660. The maximum absolute atomic E-state index is 12.6. The summed E-state index contributed by atoms with van der Waals surface area (Å²) in [5.74, 6) is 0. The monoisotopic (exact) mass is 302 g/mol. The second-order valence-corrected chi connectivity index (χ2v) is 5.67. The molecule has 1 aromatic carbocycles. The number of nitrogens with zero attached hydrogens (tertiary/aromatic N) is 2. The van der Waals surface area contributed by atoms with E-state index >= 15 is 0 Å². The smallest absolute Gasteiger partial charge is 0.394 e. The van der Waals surface area contributed by atoms with Gasteiger partial charge in [-0.3, -0.25) is 4.90 Å². The summed E-state index contributed by atoms with van der Waals surface area (Å²) in [6, 6.07) is 5.10. The minimum Gasteiger partial charge on any atom is -0.394 e. The lowest BCUT2D eigenvalue weighted by Crippen LogP contribution is -2.52. The van der Waals surface area contributed by atoms with Gasteiger partial charge in [-0.2, -0.15) is 13.2 Å². The number of rotatable bonds is 3. The molecule has 1 aliphatic heterocycles. The molecule has 0 amide bonds. The van der Waals surface area contributed by atoms with Crippen LogP contribution in [0.15, 0.2) is 24.3 Å². The first-order valence-electron chi connectivity index (χ1n) is 7.05. The molecule has 1 aromatic rings. The van der Waals surface area contributed by atoms with Crippen molar-refractivity contribution in [1.29, 1.82) is 0 Å². The first kappa shape index (κ1) is 16.3. The van der Waals surface area contributed by atoms with E-state index in [2.05, 4.69) is 16.7 Å². The van der Waals surface area contributed by atoms with Crippen molar-refractivity contribution in [1.82, 2.24) is 9.80 Å². The average Bonchev–Trinajstić information content (AvgIpc) is 2.41. The van der Waals surface area contributed by atoms with E-state index in [9.17, 15) is 18.3 Å². The molecular weight excluding hydrogens is 281 g/mol. The minimum atomic E-state index is -4.33. The van der Waals surface area contributed by atoms with Crippen molar-refractivity contribution in [3.63, 3.8) is 0 Å². The van der Waals surface area contributed by atoms with Gasteiger partial charge in [0.05, 0.1) is 18.2 Å². The highest BCUT2D eigenvalue weighted by atomic mass is 19.4. The lowest BCUT2D eigenvalue weighted by atomic mass is 10.0. The first-order valence-corrected chi connectivity index (χ1v) is 7.05. The maximum atomic E-state index is 12.6. The Kier molecular flexibility index (Phi) is 4.91. The molecule has 0 aliphatic carbocycles. The first-order chi connectivity index (χ1) is 9.82. The van der Waals surface area contributed by atoms with E-state index in [0.717, 1.165) is 37.3 Å². The number of aliphatic hydroxyl groups excluding tert-OH is 1. The number of hydrogen-bond acceptors (Lipinski definition) is 3. The van der Waals surface area contributed by atoms with Crippen molar-refractivity contribution in [3.8, 4) is 0 Å². The van der Waals surface area contributed by atoms with Crippen LogP contribution in [0.2, 0.25) is 0 Å². The normalized spacial score (nSPS) is 23.2. The zero-order valence-corrected chi connectivity index (χ0v) is 12.3. The van der Waals surface area contributed by atoms with E-state index in [1.54, 1.807) is 0 Å². The summed E-state index contributed by atoms with van der Waals surface area (Å²) in [4.78, 5) is 4.37. The molecule has 0 spiro atoms. The van der Waals surface area contributed by atoms with Crippen LogP contribution >= 0.6 is 0 Å². The summed E-state index contributed by atoms with van der Waals surface area (Å²) >= 11 is 0. The molecule has 0 radical (unpaired) electrons. The molecule has 0 bridgehead atoms. The molecule has 6 heteroatoms. The van der Waals surface area contributed by atoms with Gasteiger partial charge >= 0.3 is 6.18 Å². The second-order valence-electron chi connectivity index (χ2n) is 5.67. The van der Waals surface area contributed by atoms with Gasteiger partial charge in [0.15, 0.2) is 0 Å². The number of hydrogen-bond donors (Lipinski definition) is 1. The summed E-state index contributed by atoms with van der Waals surface area (Å²) < 4.78 is 37.8. The van der Waals surface area contributed by atoms with Crippen molar-refractivity contribution in [3.05, 3.63) is 35.4 Å². The van der Waals surface area contributed by atoms with Crippen LogP contribution in [0, 0.1) is 0 Å². The Morgan fingerprint density at radius 1 is 1.24 bits per heavy atom. The molecule has 1 saturated heterocycles. The van der Waals surface area contributed by atoms with Crippen LogP contribution in [0.25, 0.3) is 0 Å². The topological polar surface area (TPSA) is 26.7 Å². The van der Waals surface area contributed by atoms with Crippen molar-refractivity contribution < 1.29 is 18.3 Å². The number of likely N-dealkylation sites (N-methyl/N-ethyl adjacent to an activating group) is 1. The Labute approximate surface area is 123 Å². The highest BCUT2D eigenvalue weighted by Gasteiger charge is 2.32.